The van der Waals surface area contributed by atoms with Crippen molar-refractivity contribution in [3.05, 3.63) is 59.7 Å². The minimum Gasteiger partial charge on any atom is -0.373 e. The van der Waals surface area contributed by atoms with Crippen LogP contribution in [0.5, 0.6) is 0 Å². The van der Waals surface area contributed by atoms with Crippen LogP contribution >= 0.6 is 0 Å². The lowest BCUT2D eigenvalue weighted by molar-refractivity contribution is -0.170. The minimum absolute atomic E-state index is 0.305. The smallest absolute Gasteiger partial charge is 0.267 e. The Balaban J connectivity index is 1.64. The highest BCUT2D eigenvalue weighted by Gasteiger charge is 2.53. The number of nitrogens with two attached hydrogens (primary N) is 1. The Bertz CT molecular complexity index is 797. The average molecular weight is 366 g/mol. The molecule has 3 atom stereocenters. The summed E-state index contributed by atoms with van der Waals surface area (Å²) in [4.78, 5) is 22.5. The largest absolute Gasteiger partial charge is 0.373 e. The van der Waals surface area contributed by atoms with E-state index in [-0.39, 0.29) is 5.60 Å². The second-order valence-corrected chi connectivity index (χ2v) is 7.67. The summed E-state index contributed by atoms with van der Waals surface area (Å²) in [6, 6.07) is 7.93. The van der Waals surface area contributed by atoms with Crippen molar-refractivity contribution >= 4 is 5.91 Å². The monoisotopic (exact) mass is 366 g/mol. The molecular weight excluding hydrogens is 340 g/mol. The molecule has 6 heteroatoms. The number of piperidine rings is 1. The zero-order valence-corrected chi connectivity index (χ0v) is 15.7. The number of pyridine rings is 2. The first-order valence-corrected chi connectivity index (χ1v) is 9.56. The molecule has 3 heterocycles. The molecule has 27 heavy (non-hydrogen) atoms. The molecule has 0 spiro atoms. The molecule has 2 fully saturated rings. The predicted molar refractivity (Wildman–Crippen MR) is 102 cm³/mol. The van der Waals surface area contributed by atoms with E-state index in [4.69, 9.17) is 10.5 Å². The molecule has 1 saturated carbocycles. The molecule has 0 aromatic carbocycles. The van der Waals surface area contributed by atoms with Gasteiger partial charge in [0.25, 0.3) is 5.91 Å². The molecule has 0 radical (unpaired) electrons. The van der Waals surface area contributed by atoms with E-state index in [0.717, 1.165) is 38.0 Å². The van der Waals surface area contributed by atoms with Crippen molar-refractivity contribution in [3.8, 4) is 0 Å². The molecule has 0 unspecified atom stereocenters. The average Bonchev–Trinajstić information content (AvgIpc) is 2.68. The fourth-order valence-corrected chi connectivity index (χ4v) is 5.13. The summed E-state index contributed by atoms with van der Waals surface area (Å²) < 4.78 is 6.25. The van der Waals surface area contributed by atoms with Crippen LogP contribution in [0.1, 0.15) is 40.9 Å². The Hall–Kier alpha value is -2.31. The highest BCUT2D eigenvalue weighted by atomic mass is 16.5. The molecule has 1 aliphatic carbocycles. The summed E-state index contributed by atoms with van der Waals surface area (Å²) in [6.07, 6.45) is 8.87. The van der Waals surface area contributed by atoms with E-state index in [2.05, 4.69) is 20.9 Å². The summed E-state index contributed by atoms with van der Waals surface area (Å²) >= 11 is 0. The van der Waals surface area contributed by atoms with Gasteiger partial charge in [0, 0.05) is 57.2 Å². The summed E-state index contributed by atoms with van der Waals surface area (Å²) in [7, 11) is 1.80. The topological polar surface area (TPSA) is 81.3 Å². The molecule has 1 amide bonds. The maximum Gasteiger partial charge on any atom is 0.267 e. The number of methoxy groups -OCH3 is 1. The number of carbonyl (C=O) groups is 1. The number of amides is 1. The number of likely N-dealkylation sites (tertiary alicyclic amines) is 1. The summed E-state index contributed by atoms with van der Waals surface area (Å²) in [6.45, 7) is 2.84. The third-order valence-corrected chi connectivity index (χ3v) is 6.21. The summed E-state index contributed by atoms with van der Waals surface area (Å²) in [5.74, 6) is 0.242. The van der Waals surface area contributed by atoms with Crippen LogP contribution in [0.2, 0.25) is 0 Å². The van der Waals surface area contributed by atoms with E-state index in [1.54, 1.807) is 13.3 Å². The van der Waals surface area contributed by atoms with E-state index in [9.17, 15) is 4.79 Å². The maximum atomic E-state index is 11.6. The third kappa shape index (κ3) is 3.24. The molecule has 142 valence electrons. The van der Waals surface area contributed by atoms with Crippen LogP contribution < -0.4 is 5.73 Å². The van der Waals surface area contributed by atoms with Crippen LogP contribution in [0.15, 0.2) is 42.9 Å². The zero-order valence-electron chi connectivity index (χ0n) is 15.7. The van der Waals surface area contributed by atoms with Gasteiger partial charge in [-0.25, -0.2) is 0 Å². The van der Waals surface area contributed by atoms with Gasteiger partial charge >= 0.3 is 0 Å². The van der Waals surface area contributed by atoms with Gasteiger partial charge in [0.1, 0.15) is 11.3 Å². The number of primary amides is 1. The van der Waals surface area contributed by atoms with Crippen LogP contribution in [0.25, 0.3) is 0 Å². The van der Waals surface area contributed by atoms with Crippen LogP contribution in [0.3, 0.4) is 0 Å². The van der Waals surface area contributed by atoms with Gasteiger partial charge in [-0.3, -0.25) is 19.7 Å². The molecule has 2 N–H and O–H groups in total. The van der Waals surface area contributed by atoms with Crippen LogP contribution in [-0.4, -0.2) is 41.0 Å². The van der Waals surface area contributed by atoms with Crippen LogP contribution in [0.4, 0.5) is 0 Å². The molecule has 4 rings (SSSR count). The van der Waals surface area contributed by atoms with Crippen molar-refractivity contribution in [2.24, 2.45) is 17.6 Å². The molecule has 2 aliphatic rings. The SMILES string of the molecule is CO[C@]1(c2ccnc(C(N)=O)c2)[C@@H]2CCC[C@H]1CN(Cc1cccnc1)C2. The molecule has 2 bridgehead atoms. The number of carbonyl (C=O) groups excluding carboxylic acids is 1. The van der Waals surface area contributed by atoms with E-state index >= 15 is 0 Å². The highest BCUT2D eigenvalue weighted by molar-refractivity contribution is 5.90. The number of hydrogen-bond donors (Lipinski definition) is 1. The fourth-order valence-electron chi connectivity index (χ4n) is 5.13. The summed E-state index contributed by atoms with van der Waals surface area (Å²) in [5, 5.41) is 0. The van der Waals surface area contributed by atoms with Gasteiger partial charge in [0.2, 0.25) is 0 Å². The van der Waals surface area contributed by atoms with Crippen LogP contribution in [-0.2, 0) is 16.9 Å². The second kappa shape index (κ2) is 7.37. The minimum atomic E-state index is -0.498. The van der Waals surface area contributed by atoms with E-state index < -0.39 is 5.91 Å². The van der Waals surface area contributed by atoms with Gasteiger partial charge < -0.3 is 10.5 Å². The van der Waals surface area contributed by atoms with Crippen molar-refractivity contribution < 1.29 is 9.53 Å². The molecule has 2 aromatic rings. The fraction of sp³-hybridized carbons (Fsp3) is 0.476. The second-order valence-electron chi connectivity index (χ2n) is 7.67. The standard InChI is InChI=1S/C21H26N4O2/c1-27-21(16-7-9-24-19(10-16)20(22)26)17-5-2-6-18(21)14-25(13-17)12-15-4-3-8-23-11-15/h3-4,7-11,17-18H,2,5-6,12-14H2,1H3,(H2,22,26)/t17-,18+,21-. The first kappa shape index (κ1) is 18.1. The Morgan fingerprint density at radius 2 is 2.07 bits per heavy atom. The van der Waals surface area contributed by atoms with Gasteiger partial charge in [-0.2, -0.15) is 0 Å². The molecular formula is C21H26N4O2. The van der Waals surface area contributed by atoms with Gasteiger partial charge in [-0.05, 0) is 42.2 Å². The van der Waals surface area contributed by atoms with Gasteiger partial charge in [-0.1, -0.05) is 12.5 Å². The Morgan fingerprint density at radius 1 is 1.30 bits per heavy atom. The van der Waals surface area contributed by atoms with E-state index in [0.29, 0.717) is 17.5 Å². The van der Waals surface area contributed by atoms with Gasteiger partial charge in [0.15, 0.2) is 0 Å². The number of ether oxygens (including phenoxy) is 1. The van der Waals surface area contributed by atoms with Crippen molar-refractivity contribution in [2.45, 2.75) is 31.4 Å². The number of rotatable bonds is 5. The quantitative estimate of drug-likeness (QED) is 0.878. The van der Waals surface area contributed by atoms with Crippen LogP contribution in [0, 0.1) is 11.8 Å². The summed E-state index contributed by atoms with van der Waals surface area (Å²) in [5.41, 5.74) is 7.66. The molecule has 1 aliphatic heterocycles. The lowest BCUT2D eigenvalue weighted by atomic mass is 9.62. The number of fused-ring (bicyclic) bond motifs is 2. The lowest BCUT2D eigenvalue weighted by Gasteiger charge is -2.55. The van der Waals surface area contributed by atoms with Crippen molar-refractivity contribution in [1.82, 2.24) is 14.9 Å². The Labute approximate surface area is 159 Å². The van der Waals surface area contributed by atoms with Crippen molar-refractivity contribution in [3.63, 3.8) is 0 Å². The Morgan fingerprint density at radius 3 is 2.70 bits per heavy atom. The molecule has 6 nitrogen and oxygen atoms in total. The van der Waals surface area contributed by atoms with Crippen molar-refractivity contribution in [1.29, 1.82) is 0 Å². The normalized spacial score (nSPS) is 28.0. The zero-order chi connectivity index (χ0) is 18.9. The van der Waals surface area contributed by atoms with Crippen molar-refractivity contribution in [2.75, 3.05) is 20.2 Å². The maximum absolute atomic E-state index is 11.6. The number of hydrogen-bond acceptors (Lipinski definition) is 5. The van der Waals surface area contributed by atoms with Gasteiger partial charge in [-0.15, -0.1) is 0 Å². The first-order valence-electron chi connectivity index (χ1n) is 9.56. The molecule has 1 saturated heterocycles. The predicted octanol–water partition coefficient (Wildman–Crippen LogP) is 2.35. The Kier molecular flexibility index (Phi) is 4.93. The third-order valence-electron chi connectivity index (χ3n) is 6.21. The van der Waals surface area contributed by atoms with E-state index in [1.165, 1.54) is 12.0 Å². The highest BCUT2D eigenvalue weighted by Crippen LogP contribution is 2.51. The number of nitrogens with zero attached hydrogens (tertiary/aromatic N) is 3. The number of aromatic nitrogens is 2. The van der Waals surface area contributed by atoms with Gasteiger partial charge in [0.05, 0.1) is 0 Å². The van der Waals surface area contributed by atoms with E-state index in [1.807, 2.05) is 30.6 Å². The first-order chi connectivity index (χ1) is 13.1. The lowest BCUT2D eigenvalue weighted by Crippen LogP contribution is -2.58. The molecule has 2 aromatic heterocycles.